The van der Waals surface area contributed by atoms with Crippen molar-refractivity contribution in [1.82, 2.24) is 14.9 Å². The molecule has 26 heavy (non-hydrogen) atoms. The molecule has 1 fully saturated rings. The average molecular weight is 344 g/mol. The first kappa shape index (κ1) is 16.7. The maximum absolute atomic E-state index is 4.86. The third-order valence-corrected chi connectivity index (χ3v) is 4.87. The third-order valence-electron chi connectivity index (χ3n) is 4.87. The topological polar surface area (TPSA) is 32.3 Å². The second kappa shape index (κ2) is 7.67. The summed E-state index contributed by atoms with van der Waals surface area (Å²) in [4.78, 5) is 14.4. The van der Waals surface area contributed by atoms with Gasteiger partial charge in [-0.1, -0.05) is 54.6 Å². The van der Waals surface area contributed by atoms with Gasteiger partial charge in [-0.15, -0.1) is 0 Å². The van der Waals surface area contributed by atoms with Gasteiger partial charge in [-0.25, -0.2) is 9.97 Å². The van der Waals surface area contributed by atoms with Gasteiger partial charge in [0.1, 0.15) is 0 Å². The standard InChI is InChI=1S/C22H24N4/c1-18-22(24-21-12-6-5-11-20(21)23-18)26-16-14-25(15-17-26)13-7-10-19-8-3-2-4-9-19/h2-12H,13-17H2,1H3/b10-7-. The number of hydrogen-bond acceptors (Lipinski definition) is 4. The van der Waals surface area contributed by atoms with E-state index in [4.69, 9.17) is 9.97 Å². The van der Waals surface area contributed by atoms with Crippen molar-refractivity contribution in [2.75, 3.05) is 37.6 Å². The predicted molar refractivity (Wildman–Crippen MR) is 108 cm³/mol. The van der Waals surface area contributed by atoms with Crippen LogP contribution in [0.25, 0.3) is 17.1 Å². The lowest BCUT2D eigenvalue weighted by Crippen LogP contribution is -2.46. The summed E-state index contributed by atoms with van der Waals surface area (Å²) in [5, 5.41) is 0. The SMILES string of the molecule is Cc1nc2ccccc2nc1N1CCN(C/C=C\c2ccccc2)CC1. The lowest BCUT2D eigenvalue weighted by molar-refractivity contribution is 0.283. The van der Waals surface area contributed by atoms with E-state index in [1.165, 1.54) is 5.56 Å². The van der Waals surface area contributed by atoms with E-state index < -0.39 is 0 Å². The van der Waals surface area contributed by atoms with E-state index in [1.54, 1.807) is 0 Å². The largest absolute Gasteiger partial charge is 0.353 e. The van der Waals surface area contributed by atoms with Gasteiger partial charge in [0.25, 0.3) is 0 Å². The number of benzene rings is 2. The molecule has 0 N–H and O–H groups in total. The molecule has 0 saturated carbocycles. The number of piperazine rings is 1. The zero-order valence-electron chi connectivity index (χ0n) is 15.2. The zero-order chi connectivity index (χ0) is 17.8. The molecule has 0 spiro atoms. The summed E-state index contributed by atoms with van der Waals surface area (Å²) in [6, 6.07) is 18.6. The Morgan fingerprint density at radius 3 is 2.23 bits per heavy atom. The van der Waals surface area contributed by atoms with Crippen LogP contribution in [0.1, 0.15) is 11.3 Å². The molecule has 4 heteroatoms. The number of anilines is 1. The molecule has 1 aliphatic heterocycles. The van der Waals surface area contributed by atoms with Crippen LogP contribution in [0.15, 0.2) is 60.7 Å². The van der Waals surface area contributed by atoms with Gasteiger partial charge in [-0.2, -0.15) is 0 Å². The molecule has 0 unspecified atom stereocenters. The lowest BCUT2D eigenvalue weighted by Gasteiger charge is -2.35. The first-order valence-electron chi connectivity index (χ1n) is 9.22. The summed E-state index contributed by atoms with van der Waals surface area (Å²) < 4.78 is 0. The van der Waals surface area contributed by atoms with Crippen molar-refractivity contribution in [3.05, 3.63) is 71.9 Å². The molecule has 132 valence electrons. The van der Waals surface area contributed by atoms with Crippen LogP contribution in [0, 0.1) is 6.92 Å². The Hall–Kier alpha value is -2.72. The molecule has 0 aliphatic carbocycles. The summed E-state index contributed by atoms with van der Waals surface area (Å²) in [5.74, 6) is 1.03. The maximum atomic E-state index is 4.86. The van der Waals surface area contributed by atoms with Crippen molar-refractivity contribution in [3.63, 3.8) is 0 Å². The number of nitrogens with zero attached hydrogens (tertiary/aromatic N) is 4. The molecule has 1 aromatic heterocycles. The fraction of sp³-hybridized carbons (Fsp3) is 0.273. The summed E-state index contributed by atoms with van der Waals surface area (Å²) in [6.45, 7) is 7.13. The molecule has 1 aliphatic rings. The smallest absolute Gasteiger partial charge is 0.150 e. The van der Waals surface area contributed by atoms with E-state index in [0.29, 0.717) is 0 Å². The normalized spacial score (nSPS) is 15.8. The summed E-state index contributed by atoms with van der Waals surface area (Å²) in [7, 11) is 0. The Morgan fingerprint density at radius 1 is 0.846 bits per heavy atom. The summed E-state index contributed by atoms with van der Waals surface area (Å²) >= 11 is 0. The summed E-state index contributed by atoms with van der Waals surface area (Å²) in [6.07, 6.45) is 4.46. The number of rotatable bonds is 4. The van der Waals surface area contributed by atoms with Crippen LogP contribution >= 0.6 is 0 Å². The quantitative estimate of drug-likeness (QED) is 0.721. The Morgan fingerprint density at radius 2 is 1.50 bits per heavy atom. The highest BCUT2D eigenvalue weighted by Gasteiger charge is 2.19. The van der Waals surface area contributed by atoms with E-state index in [2.05, 4.69) is 53.1 Å². The number of para-hydroxylation sites is 2. The average Bonchev–Trinajstić information content (AvgIpc) is 2.69. The van der Waals surface area contributed by atoms with Gasteiger partial charge in [-0.3, -0.25) is 4.90 Å². The molecule has 3 aromatic rings. The highest BCUT2D eigenvalue weighted by Crippen LogP contribution is 2.21. The van der Waals surface area contributed by atoms with Crippen LogP contribution in [0.3, 0.4) is 0 Å². The van der Waals surface area contributed by atoms with Crippen molar-refractivity contribution in [1.29, 1.82) is 0 Å². The fourth-order valence-corrected chi connectivity index (χ4v) is 3.42. The van der Waals surface area contributed by atoms with Crippen molar-refractivity contribution in [3.8, 4) is 0 Å². The Labute approximate surface area is 154 Å². The molecule has 2 aromatic carbocycles. The second-order valence-electron chi connectivity index (χ2n) is 6.72. The number of fused-ring (bicyclic) bond motifs is 1. The molecule has 1 saturated heterocycles. The molecule has 4 nitrogen and oxygen atoms in total. The fourth-order valence-electron chi connectivity index (χ4n) is 3.42. The summed E-state index contributed by atoms with van der Waals surface area (Å²) in [5.41, 5.74) is 4.22. The second-order valence-corrected chi connectivity index (χ2v) is 6.72. The molecular weight excluding hydrogens is 320 g/mol. The highest BCUT2D eigenvalue weighted by atomic mass is 15.3. The number of hydrogen-bond donors (Lipinski definition) is 0. The Bertz CT molecular complexity index is 896. The van der Waals surface area contributed by atoms with Gasteiger partial charge in [0.05, 0.1) is 16.7 Å². The highest BCUT2D eigenvalue weighted by molar-refractivity contribution is 5.76. The molecular formula is C22H24N4. The molecule has 4 rings (SSSR count). The van der Waals surface area contributed by atoms with E-state index in [-0.39, 0.29) is 0 Å². The Kier molecular flexibility index (Phi) is 4.93. The van der Waals surface area contributed by atoms with Gasteiger partial charge in [0, 0.05) is 32.7 Å². The number of aromatic nitrogens is 2. The molecule has 0 radical (unpaired) electrons. The van der Waals surface area contributed by atoms with Gasteiger partial charge < -0.3 is 4.90 Å². The third kappa shape index (κ3) is 3.75. The van der Waals surface area contributed by atoms with Crippen molar-refractivity contribution in [2.24, 2.45) is 0 Å². The van der Waals surface area contributed by atoms with Gasteiger partial charge in [-0.05, 0) is 24.6 Å². The van der Waals surface area contributed by atoms with Gasteiger partial charge in [0.15, 0.2) is 5.82 Å². The van der Waals surface area contributed by atoms with Crippen molar-refractivity contribution < 1.29 is 0 Å². The maximum Gasteiger partial charge on any atom is 0.150 e. The van der Waals surface area contributed by atoms with Crippen LogP contribution < -0.4 is 4.90 Å². The first-order valence-corrected chi connectivity index (χ1v) is 9.22. The van der Waals surface area contributed by atoms with Crippen LogP contribution in [0.5, 0.6) is 0 Å². The van der Waals surface area contributed by atoms with Crippen molar-refractivity contribution >= 4 is 22.9 Å². The van der Waals surface area contributed by atoms with E-state index in [1.807, 2.05) is 30.3 Å². The van der Waals surface area contributed by atoms with Crippen LogP contribution in [-0.4, -0.2) is 47.6 Å². The minimum Gasteiger partial charge on any atom is -0.353 e. The number of aryl methyl sites for hydroxylation is 1. The monoisotopic (exact) mass is 344 g/mol. The van der Waals surface area contributed by atoms with E-state index in [0.717, 1.165) is 55.3 Å². The predicted octanol–water partition coefficient (Wildman–Crippen LogP) is 3.77. The van der Waals surface area contributed by atoms with Crippen molar-refractivity contribution in [2.45, 2.75) is 6.92 Å². The first-order chi connectivity index (χ1) is 12.8. The van der Waals surface area contributed by atoms with Gasteiger partial charge in [0.2, 0.25) is 0 Å². The molecule has 2 heterocycles. The zero-order valence-corrected chi connectivity index (χ0v) is 15.2. The van der Waals surface area contributed by atoms with Crippen LogP contribution in [-0.2, 0) is 0 Å². The molecule has 0 bridgehead atoms. The van der Waals surface area contributed by atoms with E-state index >= 15 is 0 Å². The lowest BCUT2D eigenvalue weighted by atomic mass is 10.2. The minimum absolute atomic E-state index is 0.971. The van der Waals surface area contributed by atoms with Crippen LogP contribution in [0.4, 0.5) is 5.82 Å². The van der Waals surface area contributed by atoms with E-state index in [9.17, 15) is 0 Å². The molecule has 0 atom stereocenters. The van der Waals surface area contributed by atoms with Gasteiger partial charge >= 0.3 is 0 Å². The van der Waals surface area contributed by atoms with Crippen LogP contribution in [0.2, 0.25) is 0 Å². The molecule has 0 amide bonds. The Balaban J connectivity index is 1.38. The minimum atomic E-state index is 0.971.